The lowest BCUT2D eigenvalue weighted by Crippen LogP contribution is -2.27. The number of nitrogens with zero attached hydrogens (tertiary/aromatic N) is 1. The lowest BCUT2D eigenvalue weighted by molar-refractivity contribution is 0.103. The number of hydrogen-bond acceptors (Lipinski definition) is 3. The molecule has 18 heavy (non-hydrogen) atoms. The second-order valence-corrected chi connectivity index (χ2v) is 3.72. The molecular formula is C12H13ClN4O. The van der Waals surface area contributed by atoms with Gasteiger partial charge >= 0.3 is 0 Å². The summed E-state index contributed by atoms with van der Waals surface area (Å²) in [4.78, 5) is 11.9. The third kappa shape index (κ3) is 2.57. The van der Waals surface area contributed by atoms with E-state index in [9.17, 15) is 4.79 Å². The Kier molecular flexibility index (Phi) is 4.23. The van der Waals surface area contributed by atoms with Crippen LogP contribution in [-0.4, -0.2) is 17.5 Å². The van der Waals surface area contributed by atoms with Crippen molar-refractivity contribution < 1.29 is 4.79 Å². The number of ketones is 1. The van der Waals surface area contributed by atoms with Gasteiger partial charge in [0.25, 0.3) is 0 Å². The highest BCUT2D eigenvalue weighted by atomic mass is 35.5. The molecule has 0 spiro atoms. The second-order valence-electron chi connectivity index (χ2n) is 3.72. The molecule has 0 aromatic heterocycles. The van der Waals surface area contributed by atoms with Crippen molar-refractivity contribution in [1.82, 2.24) is 5.43 Å². The molecule has 4 N–H and O–H groups in total. The summed E-state index contributed by atoms with van der Waals surface area (Å²) < 4.78 is 0. The molecule has 1 aliphatic carbocycles. The van der Waals surface area contributed by atoms with E-state index in [0.717, 1.165) is 5.56 Å². The molecule has 1 aromatic rings. The zero-order chi connectivity index (χ0) is 12.4. The van der Waals surface area contributed by atoms with Crippen LogP contribution in [0.3, 0.4) is 0 Å². The molecule has 0 radical (unpaired) electrons. The van der Waals surface area contributed by atoms with Gasteiger partial charge in [0, 0.05) is 11.1 Å². The van der Waals surface area contributed by atoms with E-state index in [1.54, 1.807) is 19.1 Å². The molecule has 1 aromatic carbocycles. The molecule has 0 atom stereocenters. The third-order valence-electron chi connectivity index (χ3n) is 2.46. The number of allylic oxidation sites excluding steroid dienone is 2. The molecule has 0 unspecified atom stereocenters. The monoisotopic (exact) mass is 264 g/mol. The van der Waals surface area contributed by atoms with Crippen LogP contribution in [0.2, 0.25) is 0 Å². The second kappa shape index (κ2) is 5.46. The van der Waals surface area contributed by atoms with Crippen molar-refractivity contribution in [2.75, 3.05) is 0 Å². The Labute approximate surface area is 111 Å². The van der Waals surface area contributed by atoms with Crippen LogP contribution in [0.4, 0.5) is 0 Å². The number of guanidine groups is 1. The van der Waals surface area contributed by atoms with E-state index in [0.29, 0.717) is 16.8 Å². The highest BCUT2D eigenvalue weighted by molar-refractivity contribution is 6.26. The average Bonchev–Trinajstić information content (AvgIpc) is 2.32. The van der Waals surface area contributed by atoms with Crippen molar-refractivity contribution in [2.24, 2.45) is 10.8 Å². The molecule has 5 nitrogen and oxygen atoms in total. The molecule has 1 aliphatic rings. The van der Waals surface area contributed by atoms with E-state index in [-0.39, 0.29) is 24.1 Å². The first-order valence-electron chi connectivity index (χ1n) is 5.09. The summed E-state index contributed by atoms with van der Waals surface area (Å²) in [5.41, 5.74) is 10.1. The first-order chi connectivity index (χ1) is 8.09. The van der Waals surface area contributed by atoms with Crippen LogP contribution in [0, 0.1) is 5.41 Å². The summed E-state index contributed by atoms with van der Waals surface area (Å²) in [7, 11) is 0. The highest BCUT2D eigenvalue weighted by Gasteiger charge is 2.21. The fourth-order valence-electron chi connectivity index (χ4n) is 1.68. The highest BCUT2D eigenvalue weighted by Crippen LogP contribution is 2.20. The number of benzene rings is 1. The molecule has 2 rings (SSSR count). The van der Waals surface area contributed by atoms with Gasteiger partial charge in [-0.3, -0.25) is 10.2 Å². The summed E-state index contributed by atoms with van der Waals surface area (Å²) in [5.74, 6) is -0.236. The topological polar surface area (TPSA) is 91.3 Å². The number of fused-ring (bicyclic) bond motifs is 1. The van der Waals surface area contributed by atoms with E-state index in [4.69, 9.17) is 11.1 Å². The van der Waals surface area contributed by atoms with Crippen LogP contribution in [0.15, 0.2) is 41.0 Å². The minimum Gasteiger partial charge on any atom is -0.369 e. The van der Waals surface area contributed by atoms with E-state index < -0.39 is 0 Å². The maximum absolute atomic E-state index is 11.9. The van der Waals surface area contributed by atoms with Gasteiger partial charge in [-0.2, -0.15) is 5.10 Å². The van der Waals surface area contributed by atoms with Crippen molar-refractivity contribution in [3.63, 3.8) is 0 Å². The summed E-state index contributed by atoms with van der Waals surface area (Å²) in [6, 6.07) is 7.23. The number of halogens is 1. The van der Waals surface area contributed by atoms with Gasteiger partial charge in [0.05, 0.1) is 5.71 Å². The molecule has 0 fully saturated rings. The number of carbonyl (C=O) groups is 1. The van der Waals surface area contributed by atoms with Crippen LogP contribution < -0.4 is 11.2 Å². The van der Waals surface area contributed by atoms with Crippen molar-refractivity contribution in [1.29, 1.82) is 5.41 Å². The van der Waals surface area contributed by atoms with Gasteiger partial charge in [-0.1, -0.05) is 24.3 Å². The Bertz CT molecular complexity index is 563. The van der Waals surface area contributed by atoms with Gasteiger partial charge in [-0.05, 0) is 18.6 Å². The first kappa shape index (κ1) is 13.9. The van der Waals surface area contributed by atoms with E-state index in [1.807, 2.05) is 18.2 Å². The minimum atomic E-state index is -0.238. The summed E-state index contributed by atoms with van der Waals surface area (Å²) in [5, 5.41) is 11.1. The molecule has 0 heterocycles. The summed E-state index contributed by atoms with van der Waals surface area (Å²) in [6.07, 6.45) is 1.68. The molecule has 0 bridgehead atoms. The number of nitrogens with one attached hydrogen (secondary N) is 2. The van der Waals surface area contributed by atoms with Crippen LogP contribution in [-0.2, 0) is 0 Å². The molecule has 6 heteroatoms. The number of rotatable bonds is 1. The van der Waals surface area contributed by atoms with E-state index in [1.165, 1.54) is 0 Å². The summed E-state index contributed by atoms with van der Waals surface area (Å²) >= 11 is 0. The van der Waals surface area contributed by atoms with Crippen molar-refractivity contribution in [3.8, 4) is 0 Å². The number of hydrazone groups is 1. The average molecular weight is 265 g/mol. The van der Waals surface area contributed by atoms with Crippen molar-refractivity contribution >= 4 is 29.9 Å². The predicted octanol–water partition coefficient (Wildman–Crippen LogP) is 1.44. The lowest BCUT2D eigenvalue weighted by Gasteiger charge is -2.14. The first-order valence-corrected chi connectivity index (χ1v) is 5.09. The van der Waals surface area contributed by atoms with Gasteiger partial charge in [0.2, 0.25) is 5.96 Å². The Balaban J connectivity index is 0.00000162. The SMILES string of the molecule is CC1=C/C(=N/NC(=N)N)c2ccccc2C1=O.Cl. The number of carbonyl (C=O) groups excluding carboxylic acids is 1. The van der Waals surface area contributed by atoms with Crippen molar-refractivity contribution in [2.45, 2.75) is 6.92 Å². The van der Waals surface area contributed by atoms with Crippen LogP contribution in [0.1, 0.15) is 22.8 Å². The molecule has 94 valence electrons. The summed E-state index contributed by atoms with van der Waals surface area (Å²) in [6.45, 7) is 1.74. The maximum Gasteiger partial charge on any atom is 0.206 e. The van der Waals surface area contributed by atoms with Gasteiger partial charge in [0.1, 0.15) is 0 Å². The molecular weight excluding hydrogens is 252 g/mol. The maximum atomic E-state index is 11.9. The van der Waals surface area contributed by atoms with Crippen molar-refractivity contribution in [3.05, 3.63) is 47.0 Å². The fourth-order valence-corrected chi connectivity index (χ4v) is 1.68. The predicted molar refractivity (Wildman–Crippen MR) is 73.4 cm³/mol. The number of hydrogen-bond donors (Lipinski definition) is 3. The standard InChI is InChI=1S/C12H12N4O.ClH/c1-7-6-10(15-16-12(13)14)8-4-2-3-5-9(8)11(7)17;/h2-6H,1H3,(H4,13,14,16);1H/b15-10-;. The molecule has 0 amide bonds. The fraction of sp³-hybridized carbons (Fsp3) is 0.0833. The van der Waals surface area contributed by atoms with E-state index in [2.05, 4.69) is 10.5 Å². The molecule has 0 saturated heterocycles. The number of Topliss-reactive ketones (excluding diaryl/α,β-unsaturated/α-hetero) is 1. The quantitative estimate of drug-likeness (QED) is 0.407. The zero-order valence-corrected chi connectivity index (χ0v) is 10.5. The van der Waals surface area contributed by atoms with Gasteiger partial charge in [0.15, 0.2) is 5.78 Å². The minimum absolute atomic E-state index is 0. The zero-order valence-electron chi connectivity index (χ0n) is 9.73. The molecule has 0 aliphatic heterocycles. The Morgan fingerprint density at radius 3 is 2.56 bits per heavy atom. The molecule has 0 saturated carbocycles. The largest absolute Gasteiger partial charge is 0.369 e. The van der Waals surface area contributed by atoms with Gasteiger partial charge in [-0.15, -0.1) is 12.4 Å². The van der Waals surface area contributed by atoms with Crippen LogP contribution in [0.25, 0.3) is 0 Å². The van der Waals surface area contributed by atoms with E-state index >= 15 is 0 Å². The third-order valence-corrected chi connectivity index (χ3v) is 2.46. The number of nitrogens with two attached hydrogens (primary N) is 1. The van der Waals surface area contributed by atoms with Gasteiger partial charge < -0.3 is 5.73 Å². The normalized spacial score (nSPS) is 15.5. The Hall–Kier alpha value is -2.14. The van der Waals surface area contributed by atoms with Crippen LogP contribution in [0.5, 0.6) is 0 Å². The van der Waals surface area contributed by atoms with Gasteiger partial charge in [-0.25, -0.2) is 5.43 Å². The lowest BCUT2D eigenvalue weighted by atomic mass is 9.90. The Morgan fingerprint density at radius 2 is 1.94 bits per heavy atom. The van der Waals surface area contributed by atoms with Crippen LogP contribution >= 0.6 is 12.4 Å². The Morgan fingerprint density at radius 1 is 1.33 bits per heavy atom. The smallest absolute Gasteiger partial charge is 0.206 e.